The maximum Gasteiger partial charge on any atom is 0.181 e. The van der Waals surface area contributed by atoms with Crippen LogP contribution in [0.4, 0.5) is 14.5 Å². The monoisotopic (exact) mass is 311 g/mol. The third-order valence-corrected chi connectivity index (χ3v) is 6.37. The molecule has 0 aliphatic carbocycles. The molecule has 1 atom stereocenters. The summed E-state index contributed by atoms with van der Waals surface area (Å²) < 4.78 is 50.7. The van der Waals surface area contributed by atoms with Crippen LogP contribution in [-0.2, 0) is 9.84 Å². The zero-order valence-electron chi connectivity index (χ0n) is 9.90. The van der Waals surface area contributed by atoms with Gasteiger partial charge < -0.3 is 4.90 Å². The Kier molecular flexibility index (Phi) is 3.54. The van der Waals surface area contributed by atoms with Crippen LogP contribution in [0.1, 0.15) is 0 Å². The number of thioether (sulfide) groups is 2. The molecular weight excluding hydrogens is 300 g/mol. The van der Waals surface area contributed by atoms with Gasteiger partial charge in [-0.2, -0.15) is 0 Å². The molecule has 1 aliphatic heterocycles. The average molecular weight is 311 g/mol. The fourth-order valence-corrected chi connectivity index (χ4v) is 4.78. The quantitative estimate of drug-likeness (QED) is 0.839. The number of hydrogen-bond acceptors (Lipinski definition) is 5. The van der Waals surface area contributed by atoms with Gasteiger partial charge in [-0.15, -0.1) is 11.8 Å². The van der Waals surface area contributed by atoms with E-state index in [0.29, 0.717) is 4.90 Å². The molecule has 18 heavy (non-hydrogen) atoms. The molecule has 0 spiro atoms. The smallest absolute Gasteiger partial charge is 0.181 e. The van der Waals surface area contributed by atoms with E-state index in [2.05, 4.69) is 0 Å². The number of benzene rings is 1. The van der Waals surface area contributed by atoms with Crippen LogP contribution < -0.4 is 4.90 Å². The number of rotatable bonds is 2. The molecular formula is C10H11F2NO2S3. The van der Waals surface area contributed by atoms with E-state index in [9.17, 15) is 17.2 Å². The van der Waals surface area contributed by atoms with Crippen LogP contribution in [0, 0.1) is 11.6 Å². The normalized spacial score (nSPS) is 19.2. The van der Waals surface area contributed by atoms with Crippen molar-refractivity contribution in [3.63, 3.8) is 0 Å². The van der Waals surface area contributed by atoms with Crippen molar-refractivity contribution in [3.05, 3.63) is 17.7 Å². The van der Waals surface area contributed by atoms with E-state index < -0.39 is 26.4 Å². The summed E-state index contributed by atoms with van der Waals surface area (Å²) in [5.41, 5.74) is 0.154. The molecule has 1 aliphatic rings. The Morgan fingerprint density at radius 3 is 2.56 bits per heavy atom. The maximum atomic E-state index is 14.2. The highest BCUT2D eigenvalue weighted by Gasteiger charge is 2.34. The van der Waals surface area contributed by atoms with Crippen molar-refractivity contribution in [1.29, 1.82) is 0 Å². The fourth-order valence-electron chi connectivity index (χ4n) is 1.83. The molecule has 1 aromatic rings. The summed E-state index contributed by atoms with van der Waals surface area (Å²) in [6, 6.07) is 1.09. The molecule has 1 unspecified atom stereocenters. The molecule has 0 fully saturated rings. The summed E-state index contributed by atoms with van der Waals surface area (Å²) in [5.74, 6) is -2.03. The standard InChI is InChI=1S/C10H11F2NO2S3/c1-13-8-6(17-10(13)16-2)4-5(11)9(7(8)12)18(3,14)15/h4,10H,1-3H3. The van der Waals surface area contributed by atoms with Crippen molar-refractivity contribution in [2.24, 2.45) is 0 Å². The number of halogens is 2. The average Bonchev–Trinajstić information content (AvgIpc) is 2.52. The van der Waals surface area contributed by atoms with E-state index in [1.165, 1.54) is 23.5 Å². The van der Waals surface area contributed by atoms with E-state index in [-0.39, 0.29) is 10.4 Å². The van der Waals surface area contributed by atoms with Gasteiger partial charge in [-0.25, -0.2) is 17.2 Å². The van der Waals surface area contributed by atoms with Crippen molar-refractivity contribution in [3.8, 4) is 0 Å². The summed E-state index contributed by atoms with van der Waals surface area (Å²) >= 11 is 2.78. The lowest BCUT2D eigenvalue weighted by Gasteiger charge is -2.20. The molecule has 1 aromatic carbocycles. The Morgan fingerprint density at radius 1 is 1.44 bits per heavy atom. The van der Waals surface area contributed by atoms with E-state index in [0.717, 1.165) is 12.3 Å². The van der Waals surface area contributed by atoms with E-state index in [1.807, 2.05) is 6.26 Å². The van der Waals surface area contributed by atoms with Crippen molar-refractivity contribution in [2.75, 3.05) is 24.5 Å². The van der Waals surface area contributed by atoms with E-state index >= 15 is 0 Å². The highest BCUT2D eigenvalue weighted by atomic mass is 32.2. The zero-order valence-corrected chi connectivity index (χ0v) is 12.3. The second-order valence-corrected chi connectivity index (χ2v) is 8.18. The van der Waals surface area contributed by atoms with Gasteiger partial charge >= 0.3 is 0 Å². The lowest BCUT2D eigenvalue weighted by atomic mass is 10.3. The molecule has 0 saturated carbocycles. The summed E-state index contributed by atoms with van der Waals surface area (Å²) in [6.07, 6.45) is 2.65. The largest absolute Gasteiger partial charge is 0.350 e. The van der Waals surface area contributed by atoms with Crippen molar-refractivity contribution in [2.45, 2.75) is 14.5 Å². The predicted molar refractivity (Wildman–Crippen MR) is 71.0 cm³/mol. The topological polar surface area (TPSA) is 37.4 Å². The lowest BCUT2D eigenvalue weighted by Crippen LogP contribution is -2.22. The minimum absolute atomic E-state index is 0.0799. The summed E-state index contributed by atoms with van der Waals surface area (Å²) in [6.45, 7) is 0. The Morgan fingerprint density at radius 2 is 2.06 bits per heavy atom. The summed E-state index contributed by atoms with van der Waals surface area (Å²) in [5, 5.41) is 0. The lowest BCUT2D eigenvalue weighted by molar-refractivity contribution is 0.517. The van der Waals surface area contributed by atoms with Gasteiger partial charge in [-0.1, -0.05) is 11.8 Å². The summed E-state index contributed by atoms with van der Waals surface area (Å²) in [7, 11) is -2.27. The van der Waals surface area contributed by atoms with Crippen LogP contribution in [0.3, 0.4) is 0 Å². The second-order valence-electron chi connectivity index (χ2n) is 3.89. The molecule has 100 valence electrons. The summed E-state index contributed by atoms with van der Waals surface area (Å²) in [4.78, 5) is 1.20. The Bertz CT molecular complexity index is 604. The second kappa shape index (κ2) is 4.57. The van der Waals surface area contributed by atoms with Crippen molar-refractivity contribution < 1.29 is 17.2 Å². The molecule has 0 radical (unpaired) electrons. The predicted octanol–water partition coefficient (Wildman–Crippen LogP) is 2.56. The van der Waals surface area contributed by atoms with Crippen molar-refractivity contribution in [1.82, 2.24) is 0 Å². The zero-order chi connectivity index (χ0) is 13.7. The maximum absolute atomic E-state index is 14.2. The van der Waals surface area contributed by atoms with Crippen LogP contribution in [0.25, 0.3) is 0 Å². The van der Waals surface area contributed by atoms with Gasteiger partial charge in [-0.3, -0.25) is 0 Å². The first-order chi connectivity index (χ1) is 8.27. The number of fused-ring (bicyclic) bond motifs is 1. The van der Waals surface area contributed by atoms with Gasteiger partial charge in [0.1, 0.15) is 15.4 Å². The minimum atomic E-state index is -3.93. The Balaban J connectivity index is 2.70. The molecule has 2 rings (SSSR count). The Labute approximate surface area is 113 Å². The first-order valence-electron chi connectivity index (χ1n) is 4.91. The first kappa shape index (κ1) is 14.0. The number of hydrogen-bond donors (Lipinski definition) is 0. The van der Waals surface area contributed by atoms with E-state index in [1.54, 1.807) is 11.9 Å². The molecule has 3 nitrogen and oxygen atoms in total. The fraction of sp³-hybridized carbons (Fsp3) is 0.400. The molecule has 1 heterocycles. The van der Waals surface area contributed by atoms with E-state index in [4.69, 9.17) is 0 Å². The van der Waals surface area contributed by atoms with Crippen LogP contribution in [0.5, 0.6) is 0 Å². The molecule has 0 N–H and O–H groups in total. The SMILES string of the molecule is CSC1Sc2cc(F)c(S(C)(=O)=O)c(F)c2N1C. The molecule has 0 saturated heterocycles. The highest BCUT2D eigenvalue weighted by Crippen LogP contribution is 2.49. The van der Waals surface area contributed by atoms with Gasteiger partial charge in [0, 0.05) is 18.2 Å². The van der Waals surface area contributed by atoms with Crippen LogP contribution in [0.15, 0.2) is 15.9 Å². The van der Waals surface area contributed by atoms with Gasteiger partial charge in [-0.05, 0) is 12.3 Å². The van der Waals surface area contributed by atoms with Crippen LogP contribution in [0.2, 0.25) is 0 Å². The van der Waals surface area contributed by atoms with Gasteiger partial charge in [0.25, 0.3) is 0 Å². The third kappa shape index (κ3) is 2.10. The van der Waals surface area contributed by atoms with Crippen LogP contribution >= 0.6 is 23.5 Å². The van der Waals surface area contributed by atoms with Gasteiger partial charge in [0.2, 0.25) is 0 Å². The van der Waals surface area contributed by atoms with Crippen molar-refractivity contribution >= 4 is 39.0 Å². The third-order valence-electron chi connectivity index (χ3n) is 2.58. The minimum Gasteiger partial charge on any atom is -0.350 e. The number of nitrogens with zero attached hydrogens (tertiary/aromatic N) is 1. The molecule has 0 amide bonds. The Hall–Kier alpha value is -0.470. The van der Waals surface area contributed by atoms with Gasteiger partial charge in [0.05, 0.1) is 5.69 Å². The first-order valence-corrected chi connectivity index (χ1v) is 8.97. The number of anilines is 1. The number of sulfone groups is 1. The van der Waals surface area contributed by atoms with Gasteiger partial charge in [0.15, 0.2) is 15.7 Å². The van der Waals surface area contributed by atoms with Crippen LogP contribution in [-0.4, -0.2) is 32.7 Å². The molecule has 8 heteroatoms. The molecule has 0 bridgehead atoms. The molecule has 0 aromatic heterocycles. The highest BCUT2D eigenvalue weighted by molar-refractivity contribution is 8.17.